The average molecular weight is 413 g/mol. The molecule has 152 valence electrons. The Balaban J connectivity index is 2.02. The van der Waals surface area contributed by atoms with Crippen LogP contribution in [0.5, 0.6) is 0 Å². The van der Waals surface area contributed by atoms with Crippen molar-refractivity contribution in [2.24, 2.45) is 0 Å². The van der Waals surface area contributed by atoms with E-state index < -0.39 is 11.9 Å². The summed E-state index contributed by atoms with van der Waals surface area (Å²) in [5, 5.41) is 5.57. The first-order valence-corrected chi connectivity index (χ1v) is 9.50. The number of amides is 2. The molecule has 0 radical (unpaired) electrons. The molecule has 7 nitrogen and oxygen atoms in total. The number of esters is 1. The molecule has 0 saturated heterocycles. The molecule has 0 heterocycles. The van der Waals surface area contributed by atoms with E-state index in [1.165, 1.54) is 31.4 Å². The number of nitrogens with one attached hydrogen (secondary N) is 2. The van der Waals surface area contributed by atoms with Gasteiger partial charge in [-0.15, -0.1) is 0 Å². The van der Waals surface area contributed by atoms with E-state index in [0.29, 0.717) is 35.5 Å². The molecule has 2 amide bonds. The van der Waals surface area contributed by atoms with Crippen LogP contribution in [0.1, 0.15) is 44.9 Å². The van der Waals surface area contributed by atoms with Crippen LogP contribution in [0, 0.1) is 0 Å². The summed E-state index contributed by atoms with van der Waals surface area (Å²) in [7, 11) is 1.29. The zero-order chi connectivity index (χ0) is 21.4. The standard InChI is InChI=1S/C21H23N3O4S/c1-4-24(5-2)19(26)16-7-6-8-17(13-16)22-21(29)23-18(25)14-9-11-15(12-10-14)20(27)28-3/h6-13H,4-5H2,1-3H3,(H2,22,23,25,29). The molecule has 2 aromatic rings. The Kier molecular flexibility index (Phi) is 7.85. The Morgan fingerprint density at radius 3 is 2.17 bits per heavy atom. The summed E-state index contributed by atoms with van der Waals surface area (Å²) in [6, 6.07) is 12.9. The lowest BCUT2D eigenvalue weighted by atomic mass is 10.1. The molecule has 8 heteroatoms. The second-order valence-corrected chi connectivity index (χ2v) is 6.44. The van der Waals surface area contributed by atoms with Crippen LogP contribution in [-0.2, 0) is 4.74 Å². The van der Waals surface area contributed by atoms with Crippen molar-refractivity contribution in [3.8, 4) is 0 Å². The van der Waals surface area contributed by atoms with E-state index in [9.17, 15) is 14.4 Å². The van der Waals surface area contributed by atoms with Crippen LogP contribution in [-0.4, -0.2) is 48.0 Å². The average Bonchev–Trinajstić information content (AvgIpc) is 2.74. The number of carbonyl (C=O) groups is 3. The van der Waals surface area contributed by atoms with Crippen LogP contribution < -0.4 is 10.6 Å². The van der Waals surface area contributed by atoms with E-state index in [-0.39, 0.29) is 11.0 Å². The van der Waals surface area contributed by atoms with Gasteiger partial charge in [0.1, 0.15) is 0 Å². The van der Waals surface area contributed by atoms with Crippen molar-refractivity contribution < 1.29 is 19.1 Å². The van der Waals surface area contributed by atoms with Crippen LogP contribution in [0.2, 0.25) is 0 Å². The van der Waals surface area contributed by atoms with Gasteiger partial charge in [-0.05, 0) is 68.5 Å². The van der Waals surface area contributed by atoms with Gasteiger partial charge in [-0.25, -0.2) is 4.79 Å². The SMILES string of the molecule is CCN(CC)C(=O)c1cccc(NC(=S)NC(=O)c2ccc(C(=O)OC)cc2)c1. The van der Waals surface area contributed by atoms with Crippen LogP contribution in [0.15, 0.2) is 48.5 Å². The minimum absolute atomic E-state index is 0.0701. The molecular weight excluding hydrogens is 390 g/mol. The van der Waals surface area contributed by atoms with E-state index in [1.54, 1.807) is 29.2 Å². The third kappa shape index (κ3) is 5.86. The van der Waals surface area contributed by atoms with Gasteiger partial charge in [0.05, 0.1) is 12.7 Å². The zero-order valence-corrected chi connectivity index (χ0v) is 17.3. The fraction of sp³-hybridized carbons (Fsp3) is 0.238. The summed E-state index contributed by atoms with van der Waals surface area (Å²) >= 11 is 5.19. The van der Waals surface area contributed by atoms with Crippen molar-refractivity contribution in [1.29, 1.82) is 0 Å². The van der Waals surface area contributed by atoms with Gasteiger partial charge in [0.25, 0.3) is 11.8 Å². The van der Waals surface area contributed by atoms with Crippen molar-refractivity contribution in [1.82, 2.24) is 10.2 Å². The molecule has 0 atom stereocenters. The lowest BCUT2D eigenvalue weighted by Crippen LogP contribution is -2.34. The lowest BCUT2D eigenvalue weighted by molar-refractivity contribution is 0.0600. The molecule has 0 aliphatic heterocycles. The summed E-state index contributed by atoms with van der Waals surface area (Å²) in [4.78, 5) is 38.0. The van der Waals surface area contributed by atoms with Gasteiger partial charge in [0, 0.05) is 29.9 Å². The summed E-state index contributed by atoms with van der Waals surface area (Å²) in [6.45, 7) is 5.09. The number of nitrogens with zero attached hydrogens (tertiary/aromatic N) is 1. The molecule has 29 heavy (non-hydrogen) atoms. The molecule has 2 aromatic carbocycles. The first-order chi connectivity index (χ1) is 13.9. The van der Waals surface area contributed by atoms with Gasteiger partial charge in [-0.2, -0.15) is 0 Å². The summed E-state index contributed by atoms with van der Waals surface area (Å²) < 4.78 is 4.63. The highest BCUT2D eigenvalue weighted by Crippen LogP contribution is 2.13. The molecule has 0 aliphatic carbocycles. The van der Waals surface area contributed by atoms with E-state index >= 15 is 0 Å². The van der Waals surface area contributed by atoms with E-state index in [2.05, 4.69) is 15.4 Å². The third-order valence-corrected chi connectivity index (χ3v) is 4.42. The van der Waals surface area contributed by atoms with Gasteiger partial charge in [0.15, 0.2) is 5.11 Å². The highest BCUT2D eigenvalue weighted by atomic mass is 32.1. The lowest BCUT2D eigenvalue weighted by Gasteiger charge is -2.19. The van der Waals surface area contributed by atoms with Crippen molar-refractivity contribution in [3.63, 3.8) is 0 Å². The van der Waals surface area contributed by atoms with Crippen molar-refractivity contribution in [2.75, 3.05) is 25.5 Å². The predicted molar refractivity (Wildman–Crippen MR) is 115 cm³/mol. The number of hydrogen-bond acceptors (Lipinski definition) is 5. The highest BCUT2D eigenvalue weighted by Gasteiger charge is 2.14. The molecule has 2 N–H and O–H groups in total. The second kappa shape index (κ2) is 10.3. The molecule has 0 fully saturated rings. The van der Waals surface area contributed by atoms with Crippen LogP contribution >= 0.6 is 12.2 Å². The van der Waals surface area contributed by atoms with Gasteiger partial charge < -0.3 is 15.0 Å². The number of rotatable bonds is 6. The fourth-order valence-corrected chi connectivity index (χ4v) is 2.85. The molecule has 2 rings (SSSR count). The van der Waals surface area contributed by atoms with Gasteiger partial charge in [-0.3, -0.25) is 14.9 Å². The molecule has 0 spiro atoms. The first kappa shape index (κ1) is 22.0. The number of benzene rings is 2. The predicted octanol–water partition coefficient (Wildman–Crippen LogP) is 3.08. The summed E-state index contributed by atoms with van der Waals surface area (Å²) in [6.07, 6.45) is 0. The topological polar surface area (TPSA) is 87.7 Å². The van der Waals surface area contributed by atoms with Crippen molar-refractivity contribution in [3.05, 3.63) is 65.2 Å². The number of carbonyl (C=O) groups excluding carboxylic acids is 3. The number of thiocarbonyl (C=S) groups is 1. The smallest absolute Gasteiger partial charge is 0.337 e. The highest BCUT2D eigenvalue weighted by molar-refractivity contribution is 7.80. The Morgan fingerprint density at radius 1 is 0.966 bits per heavy atom. The molecule has 0 bridgehead atoms. The van der Waals surface area contributed by atoms with E-state index in [4.69, 9.17) is 12.2 Å². The minimum atomic E-state index is -0.478. The maximum Gasteiger partial charge on any atom is 0.337 e. The third-order valence-electron chi connectivity index (χ3n) is 4.21. The Hall–Kier alpha value is -3.26. The Bertz CT molecular complexity index is 908. The summed E-state index contributed by atoms with van der Waals surface area (Å²) in [5.41, 5.74) is 1.81. The Labute approximate surface area is 175 Å². The first-order valence-electron chi connectivity index (χ1n) is 9.09. The van der Waals surface area contributed by atoms with Crippen LogP contribution in [0.4, 0.5) is 5.69 Å². The van der Waals surface area contributed by atoms with E-state index in [0.717, 1.165) is 0 Å². The number of hydrogen-bond donors (Lipinski definition) is 2. The van der Waals surface area contributed by atoms with Gasteiger partial charge >= 0.3 is 5.97 Å². The minimum Gasteiger partial charge on any atom is -0.465 e. The van der Waals surface area contributed by atoms with Gasteiger partial charge in [-0.1, -0.05) is 6.07 Å². The maximum absolute atomic E-state index is 12.5. The second-order valence-electron chi connectivity index (χ2n) is 6.04. The molecule has 0 saturated carbocycles. The summed E-state index contributed by atoms with van der Waals surface area (Å²) in [5.74, 6) is -0.970. The van der Waals surface area contributed by atoms with Gasteiger partial charge in [0.2, 0.25) is 0 Å². The normalized spacial score (nSPS) is 10.0. The van der Waals surface area contributed by atoms with Crippen LogP contribution in [0.25, 0.3) is 0 Å². The zero-order valence-electron chi connectivity index (χ0n) is 16.5. The maximum atomic E-state index is 12.5. The Morgan fingerprint density at radius 2 is 1.59 bits per heavy atom. The van der Waals surface area contributed by atoms with E-state index in [1.807, 2.05) is 13.8 Å². The molecule has 0 unspecified atom stereocenters. The number of ether oxygens (including phenoxy) is 1. The molecule has 0 aromatic heterocycles. The number of anilines is 1. The van der Waals surface area contributed by atoms with Crippen molar-refractivity contribution in [2.45, 2.75) is 13.8 Å². The molecule has 0 aliphatic rings. The molecular formula is C21H23N3O4S. The quantitative estimate of drug-likeness (QED) is 0.559. The fourth-order valence-electron chi connectivity index (χ4n) is 2.64. The number of methoxy groups -OCH3 is 1. The largest absolute Gasteiger partial charge is 0.465 e. The van der Waals surface area contributed by atoms with Crippen LogP contribution in [0.3, 0.4) is 0 Å². The van der Waals surface area contributed by atoms with Crippen molar-refractivity contribution >= 4 is 40.8 Å². The monoisotopic (exact) mass is 413 g/mol.